The van der Waals surface area contributed by atoms with Gasteiger partial charge in [-0.15, -0.1) is 11.3 Å². The van der Waals surface area contributed by atoms with Crippen LogP contribution in [0.15, 0.2) is 56.8 Å². The molecule has 0 saturated heterocycles. The van der Waals surface area contributed by atoms with Crippen LogP contribution in [0.3, 0.4) is 0 Å². The Balaban J connectivity index is 1.77. The topological polar surface area (TPSA) is 79.1 Å². The summed E-state index contributed by atoms with van der Waals surface area (Å²) in [7, 11) is 1.60. The van der Waals surface area contributed by atoms with Gasteiger partial charge in [0.05, 0.1) is 36.1 Å². The molecule has 0 aliphatic carbocycles. The molecular formula is C28H32N2O5S2. The molecule has 1 aliphatic rings. The van der Waals surface area contributed by atoms with E-state index in [1.165, 1.54) is 22.7 Å². The fourth-order valence-electron chi connectivity index (χ4n) is 3.99. The summed E-state index contributed by atoms with van der Waals surface area (Å²) in [5, 5.41) is 1.94. The molecule has 3 aromatic rings. The average molecular weight is 541 g/mol. The number of allylic oxidation sites excluding steroid dienone is 1. The molecule has 3 heterocycles. The fourth-order valence-corrected chi connectivity index (χ4v) is 5.86. The van der Waals surface area contributed by atoms with E-state index in [0.717, 1.165) is 23.3 Å². The van der Waals surface area contributed by atoms with Crippen molar-refractivity contribution in [3.05, 3.63) is 77.1 Å². The number of carbonyl (C=O) groups excluding carboxylic acids is 1. The van der Waals surface area contributed by atoms with Gasteiger partial charge in [0.1, 0.15) is 6.04 Å². The Morgan fingerprint density at radius 2 is 2.05 bits per heavy atom. The molecule has 0 radical (unpaired) electrons. The van der Waals surface area contributed by atoms with E-state index in [9.17, 15) is 9.59 Å². The van der Waals surface area contributed by atoms with Crippen LogP contribution >= 0.6 is 22.7 Å². The van der Waals surface area contributed by atoms with Crippen LogP contribution in [0.4, 0.5) is 0 Å². The van der Waals surface area contributed by atoms with Crippen molar-refractivity contribution >= 4 is 34.7 Å². The Labute approximate surface area is 224 Å². The van der Waals surface area contributed by atoms with Crippen LogP contribution < -0.4 is 24.4 Å². The highest BCUT2D eigenvalue weighted by atomic mass is 32.1. The minimum absolute atomic E-state index is 0.201. The summed E-state index contributed by atoms with van der Waals surface area (Å²) in [6.45, 7) is 8.80. The van der Waals surface area contributed by atoms with Crippen molar-refractivity contribution in [1.82, 2.24) is 4.57 Å². The number of esters is 1. The smallest absolute Gasteiger partial charge is 0.338 e. The molecule has 0 spiro atoms. The minimum atomic E-state index is -0.582. The van der Waals surface area contributed by atoms with Gasteiger partial charge in [-0.05, 0) is 54.5 Å². The van der Waals surface area contributed by atoms with E-state index in [2.05, 4.69) is 11.9 Å². The molecule has 196 valence electrons. The van der Waals surface area contributed by atoms with Crippen LogP contribution in [0.5, 0.6) is 11.5 Å². The highest BCUT2D eigenvalue weighted by Crippen LogP contribution is 2.33. The first-order valence-electron chi connectivity index (χ1n) is 12.4. The van der Waals surface area contributed by atoms with Gasteiger partial charge >= 0.3 is 5.97 Å². The molecule has 37 heavy (non-hydrogen) atoms. The van der Waals surface area contributed by atoms with Crippen molar-refractivity contribution in [2.75, 3.05) is 20.3 Å². The number of carbonyl (C=O) groups is 1. The molecule has 4 rings (SSSR count). The second kappa shape index (κ2) is 11.9. The standard InChI is InChI=1S/C28H32N2O5S2/c1-6-7-12-34-20-11-10-19(14-21(20)33-5)15-23-26(31)30-25(22-9-8-13-36-22)24(18(4)29-28(30)37-23)27(32)35-16-17(2)3/h8-11,13-15,17,25H,6-7,12,16H2,1-5H3/b23-15+/t25-/m1/s1. The first-order chi connectivity index (χ1) is 17.8. The molecule has 7 nitrogen and oxygen atoms in total. The largest absolute Gasteiger partial charge is 0.493 e. The maximum atomic E-state index is 13.7. The molecule has 1 atom stereocenters. The molecule has 0 unspecified atom stereocenters. The number of thiophene rings is 1. The number of aromatic nitrogens is 1. The molecular weight excluding hydrogens is 508 g/mol. The molecule has 0 N–H and O–H groups in total. The normalized spacial score (nSPS) is 15.5. The lowest BCUT2D eigenvalue weighted by atomic mass is 10.0. The quantitative estimate of drug-likeness (QED) is 0.276. The highest BCUT2D eigenvalue weighted by molar-refractivity contribution is 7.10. The van der Waals surface area contributed by atoms with Crippen molar-refractivity contribution < 1.29 is 19.0 Å². The van der Waals surface area contributed by atoms with Gasteiger partial charge in [-0.2, -0.15) is 0 Å². The van der Waals surface area contributed by atoms with Crippen LogP contribution in [-0.2, 0) is 9.53 Å². The number of unbranched alkanes of at least 4 members (excludes halogenated alkanes) is 1. The number of hydrogen-bond acceptors (Lipinski definition) is 8. The summed E-state index contributed by atoms with van der Waals surface area (Å²) >= 11 is 2.80. The summed E-state index contributed by atoms with van der Waals surface area (Å²) in [6.07, 6.45) is 3.83. The predicted octanol–water partition coefficient (Wildman–Crippen LogP) is 4.68. The van der Waals surface area contributed by atoms with Gasteiger partial charge in [0, 0.05) is 4.88 Å². The monoisotopic (exact) mass is 540 g/mol. The first kappa shape index (κ1) is 26.9. The maximum Gasteiger partial charge on any atom is 0.338 e. The van der Waals surface area contributed by atoms with Crippen molar-refractivity contribution in [3.63, 3.8) is 0 Å². The van der Waals surface area contributed by atoms with Crippen LogP contribution in [-0.4, -0.2) is 30.9 Å². The number of methoxy groups -OCH3 is 1. The number of fused-ring (bicyclic) bond motifs is 1. The van der Waals surface area contributed by atoms with Crippen molar-refractivity contribution in [3.8, 4) is 11.5 Å². The van der Waals surface area contributed by atoms with Gasteiger partial charge < -0.3 is 14.2 Å². The lowest BCUT2D eigenvalue weighted by Gasteiger charge is -2.23. The number of thiazole rings is 1. The third-order valence-electron chi connectivity index (χ3n) is 5.84. The highest BCUT2D eigenvalue weighted by Gasteiger charge is 2.34. The van der Waals surface area contributed by atoms with Gasteiger partial charge in [-0.3, -0.25) is 9.36 Å². The first-order valence-corrected chi connectivity index (χ1v) is 14.1. The summed E-state index contributed by atoms with van der Waals surface area (Å²) in [6, 6.07) is 8.89. The van der Waals surface area contributed by atoms with Gasteiger partial charge in [0.15, 0.2) is 16.3 Å². The van der Waals surface area contributed by atoms with E-state index in [1.807, 2.05) is 55.6 Å². The fraction of sp³-hybridized carbons (Fsp3) is 0.393. The number of hydrogen-bond donors (Lipinski definition) is 0. The van der Waals surface area contributed by atoms with E-state index >= 15 is 0 Å². The molecule has 2 aromatic heterocycles. The zero-order valence-corrected chi connectivity index (χ0v) is 23.4. The van der Waals surface area contributed by atoms with Crippen LogP contribution in [0.1, 0.15) is 57.0 Å². The molecule has 0 amide bonds. The third-order valence-corrected chi connectivity index (χ3v) is 7.75. The van der Waals surface area contributed by atoms with Crippen LogP contribution in [0.25, 0.3) is 6.08 Å². The molecule has 1 aromatic carbocycles. The van der Waals surface area contributed by atoms with Gasteiger partial charge in [-0.1, -0.05) is 50.7 Å². The minimum Gasteiger partial charge on any atom is -0.493 e. The predicted molar refractivity (Wildman–Crippen MR) is 147 cm³/mol. The molecule has 0 fully saturated rings. The van der Waals surface area contributed by atoms with E-state index in [0.29, 0.717) is 45.3 Å². The van der Waals surface area contributed by atoms with E-state index in [1.54, 1.807) is 18.6 Å². The van der Waals surface area contributed by atoms with Crippen molar-refractivity contribution in [2.24, 2.45) is 10.9 Å². The Kier molecular flexibility index (Phi) is 8.66. The Morgan fingerprint density at radius 1 is 1.24 bits per heavy atom. The van der Waals surface area contributed by atoms with Crippen molar-refractivity contribution in [1.29, 1.82) is 0 Å². The summed E-state index contributed by atoms with van der Waals surface area (Å²) in [5.41, 5.74) is 1.57. The van der Waals surface area contributed by atoms with Crippen molar-refractivity contribution in [2.45, 2.75) is 46.6 Å². The van der Waals surface area contributed by atoms with E-state index < -0.39 is 12.0 Å². The van der Waals surface area contributed by atoms with Gasteiger partial charge in [0.2, 0.25) is 0 Å². The second-order valence-electron chi connectivity index (χ2n) is 9.20. The van der Waals surface area contributed by atoms with Crippen LogP contribution in [0, 0.1) is 5.92 Å². The maximum absolute atomic E-state index is 13.7. The summed E-state index contributed by atoms with van der Waals surface area (Å²) in [4.78, 5) is 33.0. The lowest BCUT2D eigenvalue weighted by molar-refractivity contribution is -0.140. The SMILES string of the molecule is CCCCOc1ccc(/C=c2/sc3n(c2=O)[C@H](c2cccs2)C(C(=O)OCC(C)C)=C(C)N=3)cc1OC. The lowest BCUT2D eigenvalue weighted by Crippen LogP contribution is -2.39. The summed E-state index contributed by atoms with van der Waals surface area (Å²) in [5.74, 6) is 1.05. The second-order valence-corrected chi connectivity index (χ2v) is 11.2. The van der Waals surface area contributed by atoms with Gasteiger partial charge in [0.25, 0.3) is 5.56 Å². The number of benzene rings is 1. The van der Waals surface area contributed by atoms with Gasteiger partial charge in [-0.25, -0.2) is 9.79 Å². The van der Waals surface area contributed by atoms with E-state index in [-0.39, 0.29) is 11.5 Å². The summed E-state index contributed by atoms with van der Waals surface area (Å²) < 4.78 is 19.1. The molecule has 0 saturated carbocycles. The Hall–Kier alpha value is -3.17. The van der Waals surface area contributed by atoms with Crippen LogP contribution in [0.2, 0.25) is 0 Å². The Morgan fingerprint density at radius 3 is 2.73 bits per heavy atom. The number of rotatable bonds is 10. The number of nitrogens with zero attached hydrogens (tertiary/aromatic N) is 2. The average Bonchev–Trinajstić information content (AvgIpc) is 3.51. The third kappa shape index (κ3) is 5.88. The molecule has 1 aliphatic heterocycles. The zero-order chi connectivity index (χ0) is 26.5. The Bertz CT molecular complexity index is 1460. The molecule has 0 bridgehead atoms. The zero-order valence-electron chi connectivity index (χ0n) is 21.8. The molecule has 9 heteroatoms. The number of ether oxygens (including phenoxy) is 3. The van der Waals surface area contributed by atoms with E-state index in [4.69, 9.17) is 14.2 Å².